The quantitative estimate of drug-likeness (QED) is 0.191. The van der Waals surface area contributed by atoms with Crippen molar-refractivity contribution in [2.75, 3.05) is 0 Å². The molecule has 33 heavy (non-hydrogen) atoms. The highest BCUT2D eigenvalue weighted by Crippen LogP contribution is 2.10. The zero-order chi connectivity index (χ0) is 25.9. The second-order valence-electron chi connectivity index (χ2n) is 9.36. The monoisotopic (exact) mass is 471 g/mol. The molecule has 0 saturated heterocycles. The molecule has 0 aromatic rings. The maximum Gasteiger partial charge on any atom is 0.326 e. The van der Waals surface area contributed by atoms with Gasteiger partial charge < -0.3 is 32.5 Å². The fraction of sp³-hybridized carbons (Fsp3) is 0.773. The second kappa shape index (κ2) is 14.5. The van der Waals surface area contributed by atoms with Gasteiger partial charge in [-0.05, 0) is 30.6 Å². The van der Waals surface area contributed by atoms with Crippen LogP contribution in [0.25, 0.3) is 0 Å². The van der Waals surface area contributed by atoms with Crippen molar-refractivity contribution in [3.05, 3.63) is 0 Å². The molecule has 0 aromatic carbocycles. The molecule has 0 rings (SSSR count). The van der Waals surface area contributed by atoms with E-state index in [0.29, 0.717) is 6.42 Å². The number of nitrogens with two attached hydrogens (primary N) is 2. The molecule has 4 amide bonds. The molecule has 0 fully saturated rings. The number of carboxylic acid groups (broad SMARTS) is 1. The maximum absolute atomic E-state index is 13.0. The highest BCUT2D eigenvalue weighted by atomic mass is 16.4. The van der Waals surface area contributed by atoms with E-state index in [9.17, 15) is 29.1 Å². The Kier molecular flexibility index (Phi) is 13.3. The number of carbonyl (C=O) groups excluding carboxylic acids is 4. The Morgan fingerprint density at radius 2 is 1.18 bits per heavy atom. The lowest BCUT2D eigenvalue weighted by molar-refractivity contribution is -0.143. The van der Waals surface area contributed by atoms with Crippen molar-refractivity contribution in [2.45, 2.75) is 91.4 Å². The summed E-state index contributed by atoms with van der Waals surface area (Å²) in [6.45, 7) is 11.0. The number of hydrogen-bond donors (Lipinski definition) is 6. The number of primary amides is 1. The molecular weight excluding hydrogens is 430 g/mol. The number of hydrogen-bond acceptors (Lipinski definition) is 6. The number of rotatable bonds is 15. The Labute approximate surface area is 195 Å². The Morgan fingerprint density at radius 3 is 1.61 bits per heavy atom. The van der Waals surface area contributed by atoms with E-state index in [2.05, 4.69) is 16.0 Å². The fourth-order valence-corrected chi connectivity index (χ4v) is 3.13. The maximum atomic E-state index is 13.0. The van der Waals surface area contributed by atoms with Crippen LogP contribution in [0.5, 0.6) is 0 Å². The van der Waals surface area contributed by atoms with Gasteiger partial charge in [-0.1, -0.05) is 48.0 Å². The summed E-state index contributed by atoms with van der Waals surface area (Å²) in [6, 6.07) is -4.39. The van der Waals surface area contributed by atoms with Crippen molar-refractivity contribution in [3.8, 4) is 0 Å². The van der Waals surface area contributed by atoms with E-state index in [1.54, 1.807) is 13.8 Å². The van der Waals surface area contributed by atoms with Gasteiger partial charge in [-0.2, -0.15) is 0 Å². The molecule has 5 unspecified atom stereocenters. The third-order valence-corrected chi connectivity index (χ3v) is 5.26. The highest BCUT2D eigenvalue weighted by Gasteiger charge is 2.32. The van der Waals surface area contributed by atoms with Gasteiger partial charge in [0.05, 0.1) is 12.5 Å². The van der Waals surface area contributed by atoms with E-state index >= 15 is 0 Å². The van der Waals surface area contributed by atoms with E-state index in [0.717, 1.165) is 0 Å². The molecule has 0 spiro atoms. The van der Waals surface area contributed by atoms with Crippen LogP contribution in [0, 0.1) is 17.8 Å². The molecule has 0 bridgehead atoms. The summed E-state index contributed by atoms with van der Waals surface area (Å²) >= 11 is 0. The Hall–Kier alpha value is -2.69. The Balaban J connectivity index is 5.56. The number of carbonyl (C=O) groups is 5. The SMILES string of the molecule is CCC(C)C(N)C(=O)NC(CC(C)C)C(=O)NC(CC(N)=O)C(=O)NC(CC(C)C)C(=O)O. The molecule has 0 heterocycles. The average molecular weight is 472 g/mol. The minimum Gasteiger partial charge on any atom is -0.480 e. The standard InChI is InChI=1S/C22H41N5O6/c1-7-13(6)18(24)21(31)26-14(8-11(2)3)19(29)25-15(10-17(23)28)20(30)27-16(22(32)33)9-12(4)5/h11-16,18H,7-10,24H2,1-6H3,(H2,23,28)(H,25,29)(H,26,31)(H,27,30)(H,32,33). The predicted molar refractivity (Wildman–Crippen MR) is 124 cm³/mol. The van der Waals surface area contributed by atoms with Crippen molar-refractivity contribution in [2.24, 2.45) is 29.2 Å². The zero-order valence-electron chi connectivity index (χ0n) is 20.5. The zero-order valence-corrected chi connectivity index (χ0v) is 20.5. The first-order valence-corrected chi connectivity index (χ1v) is 11.4. The van der Waals surface area contributed by atoms with Crippen LogP contribution in [-0.2, 0) is 24.0 Å². The van der Waals surface area contributed by atoms with E-state index in [-0.39, 0.29) is 30.6 Å². The predicted octanol–water partition coefficient (Wildman–Crippen LogP) is -0.134. The van der Waals surface area contributed by atoms with E-state index in [1.165, 1.54) is 0 Å². The summed E-state index contributed by atoms with van der Waals surface area (Å²) in [5.74, 6) is -4.21. The molecule has 0 saturated carbocycles. The second-order valence-corrected chi connectivity index (χ2v) is 9.36. The molecule has 8 N–H and O–H groups in total. The van der Waals surface area contributed by atoms with Crippen LogP contribution < -0.4 is 27.4 Å². The molecule has 0 aliphatic rings. The number of carboxylic acids is 1. The molecule has 0 aromatic heterocycles. The van der Waals surface area contributed by atoms with Crippen LogP contribution in [-0.4, -0.2) is 58.9 Å². The van der Waals surface area contributed by atoms with Crippen molar-refractivity contribution >= 4 is 29.6 Å². The molecule has 0 radical (unpaired) electrons. The summed E-state index contributed by atoms with van der Waals surface area (Å²) < 4.78 is 0. The van der Waals surface area contributed by atoms with Crippen molar-refractivity contribution in [3.63, 3.8) is 0 Å². The summed E-state index contributed by atoms with van der Waals surface area (Å²) in [7, 11) is 0. The lowest BCUT2D eigenvalue weighted by Gasteiger charge is -2.26. The van der Waals surface area contributed by atoms with E-state index in [4.69, 9.17) is 11.5 Å². The molecule has 0 aliphatic heterocycles. The lowest BCUT2D eigenvalue weighted by atomic mass is 9.97. The van der Waals surface area contributed by atoms with Gasteiger partial charge in [-0.25, -0.2) is 4.79 Å². The molecule has 11 heteroatoms. The Bertz CT molecular complexity index is 697. The Morgan fingerprint density at radius 1 is 0.758 bits per heavy atom. The van der Waals surface area contributed by atoms with Gasteiger partial charge >= 0.3 is 5.97 Å². The van der Waals surface area contributed by atoms with Crippen molar-refractivity contribution in [1.82, 2.24) is 16.0 Å². The van der Waals surface area contributed by atoms with E-state index < -0.39 is 60.2 Å². The molecule has 0 aliphatic carbocycles. The fourth-order valence-electron chi connectivity index (χ4n) is 3.13. The van der Waals surface area contributed by atoms with Crippen LogP contribution in [0.4, 0.5) is 0 Å². The van der Waals surface area contributed by atoms with Gasteiger partial charge in [0.25, 0.3) is 0 Å². The smallest absolute Gasteiger partial charge is 0.326 e. The van der Waals surface area contributed by atoms with Gasteiger partial charge in [-0.15, -0.1) is 0 Å². The summed E-state index contributed by atoms with van der Waals surface area (Å²) in [5.41, 5.74) is 11.2. The van der Waals surface area contributed by atoms with Gasteiger partial charge in [-0.3, -0.25) is 19.2 Å². The summed E-state index contributed by atoms with van der Waals surface area (Å²) in [6.07, 6.45) is 0.580. The van der Waals surface area contributed by atoms with Gasteiger partial charge in [0.1, 0.15) is 18.1 Å². The first-order valence-electron chi connectivity index (χ1n) is 11.4. The first-order chi connectivity index (χ1) is 15.2. The van der Waals surface area contributed by atoms with Crippen molar-refractivity contribution in [1.29, 1.82) is 0 Å². The van der Waals surface area contributed by atoms with Crippen LogP contribution in [0.3, 0.4) is 0 Å². The van der Waals surface area contributed by atoms with Gasteiger partial charge in [0, 0.05) is 0 Å². The summed E-state index contributed by atoms with van der Waals surface area (Å²) in [5, 5.41) is 16.8. The number of nitrogens with one attached hydrogen (secondary N) is 3. The van der Waals surface area contributed by atoms with Crippen LogP contribution in [0.2, 0.25) is 0 Å². The average Bonchev–Trinajstić information content (AvgIpc) is 2.69. The minimum atomic E-state index is -1.39. The highest BCUT2D eigenvalue weighted by molar-refractivity contribution is 5.96. The number of amides is 4. The minimum absolute atomic E-state index is 0.0177. The first kappa shape index (κ1) is 30.3. The summed E-state index contributed by atoms with van der Waals surface area (Å²) in [4.78, 5) is 61.2. The molecule has 11 nitrogen and oxygen atoms in total. The van der Waals surface area contributed by atoms with Crippen LogP contribution >= 0.6 is 0 Å². The van der Waals surface area contributed by atoms with Crippen molar-refractivity contribution < 1.29 is 29.1 Å². The molecular formula is C22H41N5O6. The number of aliphatic carboxylic acids is 1. The third-order valence-electron chi connectivity index (χ3n) is 5.26. The van der Waals surface area contributed by atoms with E-state index in [1.807, 2.05) is 27.7 Å². The van der Waals surface area contributed by atoms with Gasteiger partial charge in [0.2, 0.25) is 23.6 Å². The van der Waals surface area contributed by atoms with Crippen LogP contribution in [0.1, 0.15) is 67.2 Å². The molecule has 190 valence electrons. The largest absolute Gasteiger partial charge is 0.480 e. The van der Waals surface area contributed by atoms with Crippen LogP contribution in [0.15, 0.2) is 0 Å². The third kappa shape index (κ3) is 11.7. The molecule has 5 atom stereocenters. The van der Waals surface area contributed by atoms with Gasteiger partial charge in [0.15, 0.2) is 0 Å². The normalized spacial score (nSPS) is 15.8. The topological polar surface area (TPSA) is 194 Å². The lowest BCUT2D eigenvalue weighted by Crippen LogP contribution is -2.58.